The minimum Gasteiger partial charge on any atom is -0.481 e. The van der Waals surface area contributed by atoms with E-state index in [9.17, 15) is 58.5 Å². The van der Waals surface area contributed by atoms with Crippen molar-refractivity contribution in [3.05, 3.63) is 18.2 Å². The highest BCUT2D eigenvalue weighted by Gasteiger charge is 2.35. The zero-order valence-electron chi connectivity index (χ0n) is 34.0. The molecule has 0 bridgehead atoms. The van der Waals surface area contributed by atoms with Crippen LogP contribution in [0.3, 0.4) is 0 Å². The topological polar surface area (TPSA) is 438 Å². The molecule has 1 rings (SSSR count). The molecule has 342 valence electrons. The molecule has 27 heteroatoms. The molecule has 1 heterocycles. The van der Waals surface area contributed by atoms with Crippen molar-refractivity contribution in [2.75, 3.05) is 25.1 Å². The van der Waals surface area contributed by atoms with Crippen LogP contribution in [0.5, 0.6) is 0 Å². The van der Waals surface area contributed by atoms with E-state index in [2.05, 4.69) is 52.2 Å². The fraction of sp³-hybridized carbons (Fsp3) is 0.618. The number of aliphatic imine (C=N–C) groups is 1. The van der Waals surface area contributed by atoms with Crippen LogP contribution in [0.25, 0.3) is 0 Å². The molecule has 0 radical (unpaired) electrons. The average Bonchev–Trinajstić information content (AvgIpc) is 3.69. The van der Waals surface area contributed by atoms with Crippen molar-refractivity contribution in [2.45, 2.75) is 107 Å². The number of hydrogen-bond acceptors (Lipinski definition) is 15. The Labute approximate surface area is 354 Å². The lowest BCUT2D eigenvalue weighted by atomic mass is 10.1. The molecule has 18 N–H and O–H groups in total. The number of carboxylic acid groups (broad SMARTS) is 2. The van der Waals surface area contributed by atoms with Gasteiger partial charge in [-0.05, 0) is 52.0 Å². The van der Waals surface area contributed by atoms with E-state index in [1.165, 1.54) is 31.2 Å². The molecule has 0 aliphatic rings. The average molecular weight is 888 g/mol. The SMILES string of the molecule is CSCC[C@H](NC(=O)[C@H](Cc1cnc[nH]1)NC(=O)[C@@H](NC(=O)[C@@H](NC(=O)CNC(=O)[C@H](CCCN=C(N)N)NC(=O)[C@H](C)NC(=O)[C@@H](N)CC(=O)O)[C@@H](C)O)[C@@H](C)O)C(=O)O. The van der Waals surface area contributed by atoms with E-state index >= 15 is 0 Å². The highest BCUT2D eigenvalue weighted by molar-refractivity contribution is 7.98. The number of imidazole rings is 1. The van der Waals surface area contributed by atoms with Crippen molar-refractivity contribution >= 4 is 71.0 Å². The minimum absolute atomic E-state index is 0.0388. The molecule has 0 saturated heterocycles. The van der Waals surface area contributed by atoms with E-state index < -0.39 is 121 Å². The molecule has 9 atom stereocenters. The summed E-state index contributed by atoms with van der Waals surface area (Å²) >= 11 is 1.35. The van der Waals surface area contributed by atoms with Gasteiger partial charge in [0.05, 0.1) is 37.5 Å². The van der Waals surface area contributed by atoms with Crippen LogP contribution in [-0.4, -0.2) is 169 Å². The number of nitrogens with two attached hydrogens (primary N) is 3. The van der Waals surface area contributed by atoms with Crippen LogP contribution >= 0.6 is 11.8 Å². The second kappa shape index (κ2) is 26.9. The number of rotatable bonds is 28. The molecular formula is C34H57N13O13S. The summed E-state index contributed by atoms with van der Waals surface area (Å²) in [7, 11) is 0. The van der Waals surface area contributed by atoms with Crippen LogP contribution in [0.1, 0.15) is 52.1 Å². The molecule has 0 unspecified atom stereocenters. The number of carbonyl (C=O) groups is 9. The lowest BCUT2D eigenvalue weighted by Crippen LogP contribution is -2.62. The fourth-order valence-corrected chi connectivity index (χ4v) is 5.63. The van der Waals surface area contributed by atoms with E-state index in [1.54, 1.807) is 6.26 Å². The first kappa shape index (κ1) is 53.0. The summed E-state index contributed by atoms with van der Waals surface area (Å²) in [6.45, 7) is 2.73. The molecule has 1 aromatic heterocycles. The first-order valence-electron chi connectivity index (χ1n) is 18.7. The number of carboxylic acids is 2. The number of carbonyl (C=O) groups excluding carboxylic acids is 7. The molecule has 0 aliphatic carbocycles. The van der Waals surface area contributed by atoms with Crippen LogP contribution in [0.4, 0.5) is 0 Å². The van der Waals surface area contributed by atoms with E-state index in [1.807, 2.05) is 0 Å². The summed E-state index contributed by atoms with van der Waals surface area (Å²) in [5, 5.41) is 55.5. The van der Waals surface area contributed by atoms with Crippen molar-refractivity contribution in [3.8, 4) is 0 Å². The van der Waals surface area contributed by atoms with Gasteiger partial charge < -0.3 is 79.8 Å². The summed E-state index contributed by atoms with van der Waals surface area (Å²) in [6.07, 6.45) is 0.403. The molecule has 1 aromatic rings. The van der Waals surface area contributed by atoms with Gasteiger partial charge in [-0.25, -0.2) is 9.78 Å². The quantitative estimate of drug-likeness (QED) is 0.0211. The maximum absolute atomic E-state index is 13.5. The van der Waals surface area contributed by atoms with Crippen LogP contribution in [0.2, 0.25) is 0 Å². The largest absolute Gasteiger partial charge is 0.481 e. The van der Waals surface area contributed by atoms with Crippen molar-refractivity contribution in [1.29, 1.82) is 0 Å². The number of aliphatic carboxylic acids is 2. The molecular weight excluding hydrogens is 831 g/mol. The second-order valence-electron chi connectivity index (χ2n) is 13.7. The molecule has 26 nitrogen and oxygen atoms in total. The molecule has 61 heavy (non-hydrogen) atoms. The number of hydrogen-bond donors (Lipinski definition) is 15. The van der Waals surface area contributed by atoms with Crippen LogP contribution in [0.15, 0.2) is 17.5 Å². The summed E-state index contributed by atoms with van der Waals surface area (Å²) < 4.78 is 0. The maximum atomic E-state index is 13.5. The molecule has 0 spiro atoms. The number of thioether (sulfide) groups is 1. The van der Waals surface area contributed by atoms with Gasteiger partial charge in [0.15, 0.2) is 5.96 Å². The number of H-pyrrole nitrogens is 1. The minimum atomic E-state index is -1.78. The van der Waals surface area contributed by atoms with Crippen LogP contribution in [0, 0.1) is 0 Å². The van der Waals surface area contributed by atoms with Gasteiger partial charge in [-0.2, -0.15) is 11.8 Å². The Bertz CT molecular complexity index is 1690. The third-order valence-corrected chi connectivity index (χ3v) is 9.11. The number of guanidine groups is 1. The molecule has 0 saturated carbocycles. The van der Waals surface area contributed by atoms with Gasteiger partial charge in [0, 0.05) is 24.9 Å². The Hall–Kier alpha value is -6.06. The Kier molecular flexibility index (Phi) is 23.4. The predicted molar refractivity (Wildman–Crippen MR) is 217 cm³/mol. The summed E-state index contributed by atoms with van der Waals surface area (Å²) in [4.78, 5) is 124. The van der Waals surface area contributed by atoms with Gasteiger partial charge in [-0.1, -0.05) is 0 Å². The van der Waals surface area contributed by atoms with Crippen molar-refractivity contribution in [1.82, 2.24) is 47.2 Å². The Morgan fingerprint density at radius 1 is 0.770 bits per heavy atom. The molecule has 0 aliphatic heterocycles. The van der Waals surface area contributed by atoms with Crippen molar-refractivity contribution in [2.24, 2.45) is 22.2 Å². The number of aromatic amines is 1. The second-order valence-corrected chi connectivity index (χ2v) is 14.7. The third kappa shape index (κ3) is 20.2. The van der Waals surface area contributed by atoms with Crippen molar-refractivity contribution < 1.29 is 63.6 Å². The standard InChI is InChI=1S/C34H57N13O13S/c1-15(42-28(54)19(35)11-24(51)52)27(53)43-20(6-5-8-39-34(36)37)29(55)40-13-23(50)46-25(16(2)48)32(58)47-26(17(3)49)31(57)45-22(10-18-12-38-14-41-18)30(56)44-21(33(59)60)7-9-61-4/h12,14-17,19-22,25-26,48-49H,5-11,13,35H2,1-4H3,(H,38,41)(H,40,55)(H,42,54)(H,43,53)(H,44,56)(H,45,57)(H,46,50)(H,47,58)(H,51,52)(H,59,60)(H4,36,37,39)/t15-,16+,17+,19-,20-,21-,22-,25-,26-/m0/s1. The van der Waals surface area contributed by atoms with Gasteiger partial charge in [-0.15, -0.1) is 0 Å². The lowest BCUT2D eigenvalue weighted by molar-refractivity contribution is -0.142. The number of aliphatic hydroxyl groups excluding tert-OH is 2. The summed E-state index contributed by atoms with van der Waals surface area (Å²) in [6, 6.07) is -10.4. The zero-order chi connectivity index (χ0) is 46.4. The van der Waals surface area contributed by atoms with Gasteiger partial charge in [-0.3, -0.25) is 43.3 Å². The van der Waals surface area contributed by atoms with Gasteiger partial charge in [0.2, 0.25) is 41.4 Å². The van der Waals surface area contributed by atoms with E-state index in [4.69, 9.17) is 22.3 Å². The molecule has 7 amide bonds. The lowest BCUT2D eigenvalue weighted by Gasteiger charge is -2.28. The number of amides is 7. The maximum Gasteiger partial charge on any atom is 0.326 e. The Balaban J connectivity index is 3.08. The van der Waals surface area contributed by atoms with Gasteiger partial charge >= 0.3 is 11.9 Å². The number of nitrogens with one attached hydrogen (secondary N) is 8. The first-order chi connectivity index (χ1) is 28.6. The fourth-order valence-electron chi connectivity index (χ4n) is 5.16. The van der Waals surface area contributed by atoms with E-state index in [0.29, 0.717) is 11.4 Å². The number of nitrogens with zero attached hydrogens (tertiary/aromatic N) is 2. The monoisotopic (exact) mass is 887 g/mol. The number of aliphatic hydroxyl groups is 2. The van der Waals surface area contributed by atoms with E-state index in [0.717, 1.165) is 13.8 Å². The highest BCUT2D eigenvalue weighted by Crippen LogP contribution is 2.07. The third-order valence-electron chi connectivity index (χ3n) is 8.47. The smallest absolute Gasteiger partial charge is 0.326 e. The molecule has 0 fully saturated rings. The number of aromatic nitrogens is 2. The highest BCUT2D eigenvalue weighted by atomic mass is 32.2. The van der Waals surface area contributed by atoms with Gasteiger partial charge in [0.1, 0.15) is 36.3 Å². The van der Waals surface area contributed by atoms with Crippen LogP contribution in [-0.2, 0) is 49.6 Å². The Morgan fingerprint density at radius 2 is 1.36 bits per heavy atom. The van der Waals surface area contributed by atoms with Crippen molar-refractivity contribution in [3.63, 3.8) is 0 Å². The zero-order valence-corrected chi connectivity index (χ0v) is 34.8. The molecule has 0 aromatic carbocycles. The summed E-state index contributed by atoms with van der Waals surface area (Å²) in [5.74, 6) is -9.42. The first-order valence-corrected chi connectivity index (χ1v) is 20.1. The van der Waals surface area contributed by atoms with Crippen LogP contribution < -0.4 is 54.4 Å². The Morgan fingerprint density at radius 3 is 1.90 bits per heavy atom. The summed E-state index contributed by atoms with van der Waals surface area (Å²) in [5.41, 5.74) is 16.6. The predicted octanol–water partition coefficient (Wildman–Crippen LogP) is -6.55. The normalized spacial score (nSPS) is 15.3. The van der Waals surface area contributed by atoms with E-state index in [-0.39, 0.29) is 38.2 Å². The van der Waals surface area contributed by atoms with Gasteiger partial charge in [0.25, 0.3) is 0 Å².